The van der Waals surface area contributed by atoms with E-state index in [1.54, 1.807) is 37.5 Å². The molecular weight excluding hydrogens is 456 g/mol. The largest absolute Gasteiger partial charge is 0.479 e. The molecule has 13 heteroatoms. The molecule has 0 amide bonds. The van der Waals surface area contributed by atoms with Gasteiger partial charge in [0, 0.05) is 18.3 Å². The summed E-state index contributed by atoms with van der Waals surface area (Å²) in [7, 11) is 3.05. The molecule has 34 heavy (non-hydrogen) atoms. The number of benzene rings is 1. The zero-order chi connectivity index (χ0) is 24.0. The van der Waals surface area contributed by atoms with Gasteiger partial charge in [-0.1, -0.05) is 11.3 Å². The molecule has 0 unspecified atom stereocenters. The third-order valence-electron chi connectivity index (χ3n) is 5.94. The molecule has 0 radical (unpaired) electrons. The fourth-order valence-corrected chi connectivity index (χ4v) is 4.26. The van der Waals surface area contributed by atoms with Gasteiger partial charge in [-0.3, -0.25) is 4.90 Å². The number of nitrogens with zero attached hydrogens (tertiary/aromatic N) is 7. The number of anilines is 1. The van der Waals surface area contributed by atoms with Gasteiger partial charge in [0.05, 0.1) is 19.2 Å². The smallest absolute Gasteiger partial charge is 0.281 e. The second-order valence-corrected chi connectivity index (χ2v) is 8.32. The molecule has 180 valence electrons. The van der Waals surface area contributed by atoms with Crippen molar-refractivity contribution in [1.82, 2.24) is 34.5 Å². The zero-order valence-electron chi connectivity index (χ0n) is 18.4. The van der Waals surface area contributed by atoms with Crippen molar-refractivity contribution < 1.29 is 22.3 Å². The number of hydrogen-bond donors (Lipinski definition) is 1. The van der Waals surface area contributed by atoms with E-state index in [1.165, 1.54) is 21.2 Å². The molecular formula is C21H22F4N8O. The lowest BCUT2D eigenvalue weighted by Crippen LogP contribution is -2.38. The normalized spacial score (nSPS) is 18.4. The van der Waals surface area contributed by atoms with Crippen LogP contribution in [-0.4, -0.2) is 87.1 Å². The minimum absolute atomic E-state index is 0.0120. The van der Waals surface area contributed by atoms with Crippen LogP contribution in [0.5, 0.6) is 5.88 Å². The van der Waals surface area contributed by atoms with Gasteiger partial charge in [0.2, 0.25) is 11.8 Å². The lowest BCUT2D eigenvalue weighted by molar-refractivity contribution is 0.00583. The van der Waals surface area contributed by atoms with Crippen molar-refractivity contribution in [2.75, 3.05) is 45.9 Å². The number of hydrogen-bond acceptors (Lipinski definition) is 7. The SMILES string of the molecule is COc1nc(N[C@@H]2CN(C)CC2(F)F)nn2ccc(-c3ccc4nnn(C(CF)CF)c4c3)c12. The average molecular weight is 478 g/mol. The Labute approximate surface area is 191 Å². The molecule has 9 nitrogen and oxygen atoms in total. The second kappa shape index (κ2) is 8.38. The minimum atomic E-state index is -2.92. The molecule has 1 N–H and O–H groups in total. The summed E-state index contributed by atoms with van der Waals surface area (Å²) in [5.74, 6) is -2.73. The Morgan fingerprint density at radius 1 is 1.24 bits per heavy atom. The van der Waals surface area contributed by atoms with Gasteiger partial charge in [0.15, 0.2) is 0 Å². The van der Waals surface area contributed by atoms with E-state index in [0.29, 0.717) is 27.7 Å². The number of likely N-dealkylation sites (tertiary alicyclic amines) is 1. The summed E-state index contributed by atoms with van der Waals surface area (Å²) in [4.78, 5) is 5.85. The fourth-order valence-electron chi connectivity index (χ4n) is 4.26. The number of methoxy groups -OCH3 is 1. The highest BCUT2D eigenvalue weighted by atomic mass is 19.3. The van der Waals surface area contributed by atoms with E-state index in [4.69, 9.17) is 4.74 Å². The van der Waals surface area contributed by atoms with Crippen molar-refractivity contribution in [3.63, 3.8) is 0 Å². The van der Waals surface area contributed by atoms with Crippen LogP contribution < -0.4 is 10.1 Å². The molecule has 5 rings (SSSR count). The Bertz CT molecular complexity index is 1340. The summed E-state index contributed by atoms with van der Waals surface area (Å²) in [6, 6.07) is 4.79. The lowest BCUT2D eigenvalue weighted by Gasteiger charge is -2.19. The molecule has 0 bridgehead atoms. The van der Waals surface area contributed by atoms with Crippen LogP contribution >= 0.6 is 0 Å². The first-order valence-electron chi connectivity index (χ1n) is 10.6. The van der Waals surface area contributed by atoms with Crippen molar-refractivity contribution >= 4 is 22.5 Å². The fraction of sp³-hybridized carbons (Fsp3) is 0.429. The van der Waals surface area contributed by atoms with Crippen molar-refractivity contribution in [2.24, 2.45) is 0 Å². The van der Waals surface area contributed by atoms with Crippen LogP contribution in [0.25, 0.3) is 27.7 Å². The molecule has 0 spiro atoms. The van der Waals surface area contributed by atoms with Gasteiger partial charge in [-0.25, -0.2) is 26.8 Å². The zero-order valence-corrected chi connectivity index (χ0v) is 18.4. The van der Waals surface area contributed by atoms with E-state index < -0.39 is 31.4 Å². The summed E-state index contributed by atoms with van der Waals surface area (Å²) >= 11 is 0. The Hall–Kier alpha value is -3.48. The topological polar surface area (TPSA) is 85.4 Å². The van der Waals surface area contributed by atoms with Crippen LogP contribution in [0.2, 0.25) is 0 Å². The van der Waals surface area contributed by atoms with Gasteiger partial charge in [-0.05, 0) is 30.8 Å². The van der Waals surface area contributed by atoms with E-state index in [0.717, 1.165) is 0 Å². The molecule has 1 aromatic carbocycles. The Balaban J connectivity index is 1.55. The summed E-state index contributed by atoms with van der Waals surface area (Å²) in [6.45, 7) is -2.03. The molecule has 1 aliphatic heterocycles. The first-order chi connectivity index (χ1) is 16.3. The lowest BCUT2D eigenvalue weighted by atomic mass is 10.1. The molecule has 0 saturated carbocycles. The Morgan fingerprint density at radius 3 is 2.71 bits per heavy atom. The van der Waals surface area contributed by atoms with E-state index in [1.807, 2.05) is 0 Å². The highest BCUT2D eigenvalue weighted by molar-refractivity contribution is 5.89. The molecule has 1 fully saturated rings. The molecule has 1 aliphatic rings. The quantitative estimate of drug-likeness (QED) is 0.409. The van der Waals surface area contributed by atoms with Crippen LogP contribution in [0.1, 0.15) is 6.04 Å². The van der Waals surface area contributed by atoms with Crippen LogP contribution in [0, 0.1) is 0 Å². The van der Waals surface area contributed by atoms with Crippen LogP contribution in [0.3, 0.4) is 0 Å². The minimum Gasteiger partial charge on any atom is -0.479 e. The van der Waals surface area contributed by atoms with E-state index in [9.17, 15) is 17.6 Å². The molecule has 0 aliphatic carbocycles. The summed E-state index contributed by atoms with van der Waals surface area (Å²) in [6.07, 6.45) is 1.66. The summed E-state index contributed by atoms with van der Waals surface area (Å²) in [5, 5.41) is 14.9. The van der Waals surface area contributed by atoms with Gasteiger partial charge in [-0.15, -0.1) is 10.2 Å². The Kier molecular flexibility index (Phi) is 5.50. The van der Waals surface area contributed by atoms with Crippen molar-refractivity contribution in [2.45, 2.75) is 18.0 Å². The average Bonchev–Trinajstić information content (AvgIpc) is 3.49. The van der Waals surface area contributed by atoms with E-state index in [-0.39, 0.29) is 24.9 Å². The molecule has 1 atom stereocenters. The predicted octanol–water partition coefficient (Wildman–Crippen LogP) is 2.99. The number of alkyl halides is 4. The number of ether oxygens (including phenoxy) is 1. The molecule has 4 aromatic rings. The molecule has 1 saturated heterocycles. The maximum absolute atomic E-state index is 14.3. The number of likely N-dealkylation sites (N-methyl/N-ethyl adjacent to an activating group) is 1. The third-order valence-corrected chi connectivity index (χ3v) is 5.94. The van der Waals surface area contributed by atoms with Crippen molar-refractivity contribution in [1.29, 1.82) is 0 Å². The standard InChI is InChI=1S/C21H22F4N8O/c1-31-10-17(21(24,25)11-31)26-20-27-19(34-2)18-14(5-6-32(18)29-20)12-3-4-15-16(7-12)33(30-28-15)13(8-22)9-23/h3-7,13,17H,8-11H2,1-2H3,(H,26,29)/t17-/m1/s1. The monoisotopic (exact) mass is 478 g/mol. The molecule has 4 heterocycles. The maximum atomic E-state index is 14.3. The van der Waals surface area contributed by atoms with Crippen LogP contribution in [-0.2, 0) is 0 Å². The third kappa shape index (κ3) is 3.69. The van der Waals surface area contributed by atoms with E-state index >= 15 is 0 Å². The van der Waals surface area contributed by atoms with Gasteiger partial charge >= 0.3 is 0 Å². The van der Waals surface area contributed by atoms with E-state index in [2.05, 4.69) is 25.7 Å². The second-order valence-electron chi connectivity index (χ2n) is 8.32. The highest BCUT2D eigenvalue weighted by Gasteiger charge is 2.47. The number of fused-ring (bicyclic) bond motifs is 2. The van der Waals surface area contributed by atoms with Crippen molar-refractivity contribution in [3.8, 4) is 17.0 Å². The number of rotatable bonds is 7. The van der Waals surface area contributed by atoms with Crippen molar-refractivity contribution in [3.05, 3.63) is 30.5 Å². The van der Waals surface area contributed by atoms with Gasteiger partial charge in [-0.2, -0.15) is 4.98 Å². The number of nitrogens with one attached hydrogen (secondary N) is 1. The maximum Gasteiger partial charge on any atom is 0.281 e. The number of halogens is 4. The number of aromatic nitrogens is 6. The summed E-state index contributed by atoms with van der Waals surface area (Å²) < 4.78 is 63.2. The summed E-state index contributed by atoms with van der Waals surface area (Å²) in [5.41, 5.74) is 2.86. The predicted molar refractivity (Wildman–Crippen MR) is 117 cm³/mol. The van der Waals surface area contributed by atoms with Crippen LogP contribution in [0.15, 0.2) is 30.5 Å². The van der Waals surface area contributed by atoms with Gasteiger partial charge < -0.3 is 10.1 Å². The first-order valence-corrected chi connectivity index (χ1v) is 10.6. The molecule has 3 aromatic heterocycles. The van der Waals surface area contributed by atoms with Gasteiger partial charge in [0.25, 0.3) is 5.92 Å². The highest BCUT2D eigenvalue weighted by Crippen LogP contribution is 2.34. The Morgan fingerprint density at radius 2 is 2.03 bits per heavy atom. The van der Waals surface area contributed by atoms with Gasteiger partial charge in [0.1, 0.15) is 36.5 Å². The first kappa shape index (κ1) is 22.3. The van der Waals surface area contributed by atoms with Crippen LogP contribution in [0.4, 0.5) is 23.5 Å².